The first kappa shape index (κ1) is 34.1. The van der Waals surface area contributed by atoms with Gasteiger partial charge in [0.25, 0.3) is 11.5 Å². The summed E-state index contributed by atoms with van der Waals surface area (Å²) in [6.45, 7) is 5.26. The Kier molecular flexibility index (Phi) is 10.4. The molecular weight excluding hydrogens is 646 g/mol. The van der Waals surface area contributed by atoms with Crippen molar-refractivity contribution in [2.24, 2.45) is 12.8 Å². The zero-order chi connectivity index (χ0) is 35.2. The Hall–Kier alpha value is -5.78. The van der Waals surface area contributed by atoms with Gasteiger partial charge < -0.3 is 30.7 Å². The molecule has 1 aliphatic heterocycles. The number of aromatic nitrogens is 4. The third-order valence-corrected chi connectivity index (χ3v) is 8.29. The lowest BCUT2D eigenvalue weighted by molar-refractivity contribution is 0.0956. The van der Waals surface area contributed by atoms with Crippen LogP contribution >= 0.6 is 0 Å². The number of nitrogens with zero attached hydrogens (tertiary/aromatic N) is 5. The molecule has 1 saturated heterocycles. The Bertz CT molecular complexity index is 2150. The lowest BCUT2D eigenvalue weighted by Gasteiger charge is -2.28. The zero-order valence-electron chi connectivity index (χ0n) is 27.6. The third-order valence-electron chi connectivity index (χ3n) is 8.29. The van der Waals surface area contributed by atoms with Crippen molar-refractivity contribution >= 4 is 34.1 Å². The number of ether oxygens (including phenoxy) is 2. The Labute approximate surface area is 286 Å². The molecule has 2 aromatic heterocycles. The minimum Gasteiger partial charge on any atom is -0.490 e. The standard InChI is InChI=1S/C36H36F2N8O4/c1-23-32(35(48)46(44(23)2)22-25-5-10-29(37)30(38)19-25)34(47)40-12-3-4-24-18-26-21-41-36(43-33(26)31(20-24)50-15-11-39)42-27-6-8-28(9-7-27)45-13-16-49-17-14-45/h5-10,18-21H,11-17,22,39H2,1-2H3,(H,40,47)(H,41,42,43). The van der Waals surface area contributed by atoms with Gasteiger partial charge in [-0.3, -0.25) is 14.3 Å². The van der Waals surface area contributed by atoms with Crippen LogP contribution < -0.4 is 31.6 Å². The molecule has 4 N–H and O–H groups in total. The predicted octanol–water partition coefficient (Wildman–Crippen LogP) is 3.46. The second-order valence-corrected chi connectivity index (χ2v) is 11.6. The SMILES string of the molecule is Cc1c(C(=O)NCC#Cc2cc(OCCN)c3nc(Nc4ccc(N5CCOCC5)cc4)ncc3c2)c(=O)n(Cc2ccc(F)c(F)c2)n1C. The summed E-state index contributed by atoms with van der Waals surface area (Å²) >= 11 is 0. The highest BCUT2D eigenvalue weighted by atomic mass is 19.2. The molecule has 0 atom stereocenters. The zero-order valence-corrected chi connectivity index (χ0v) is 27.6. The summed E-state index contributed by atoms with van der Waals surface area (Å²) in [5, 5.41) is 6.62. The first-order valence-electron chi connectivity index (χ1n) is 16.0. The van der Waals surface area contributed by atoms with E-state index in [1.807, 2.05) is 30.3 Å². The van der Waals surface area contributed by atoms with Gasteiger partial charge in [0.05, 0.1) is 26.3 Å². The fourth-order valence-electron chi connectivity index (χ4n) is 5.60. The van der Waals surface area contributed by atoms with E-state index in [0.29, 0.717) is 59.2 Å². The van der Waals surface area contributed by atoms with Crippen molar-refractivity contribution in [3.63, 3.8) is 0 Å². The molecule has 50 heavy (non-hydrogen) atoms. The van der Waals surface area contributed by atoms with Gasteiger partial charge >= 0.3 is 0 Å². The van der Waals surface area contributed by atoms with Crippen LogP contribution in [0.4, 0.5) is 26.1 Å². The van der Waals surface area contributed by atoms with Crippen molar-refractivity contribution in [1.82, 2.24) is 24.6 Å². The Balaban J connectivity index is 1.14. The average molecular weight is 683 g/mol. The Morgan fingerprint density at radius 2 is 1.86 bits per heavy atom. The number of morpholine rings is 1. The highest BCUT2D eigenvalue weighted by molar-refractivity contribution is 5.95. The number of carbonyl (C=O) groups excluding carboxylic acids is 1. The van der Waals surface area contributed by atoms with Crippen molar-refractivity contribution in [3.8, 4) is 17.6 Å². The minimum atomic E-state index is -1.02. The van der Waals surface area contributed by atoms with E-state index in [2.05, 4.69) is 32.4 Å². The van der Waals surface area contributed by atoms with Gasteiger partial charge in [-0.2, -0.15) is 0 Å². The molecule has 3 aromatic carbocycles. The second kappa shape index (κ2) is 15.2. The van der Waals surface area contributed by atoms with Crippen LogP contribution in [0, 0.1) is 30.4 Å². The molecule has 0 radical (unpaired) electrons. The number of rotatable bonds is 10. The third kappa shape index (κ3) is 7.59. The summed E-state index contributed by atoms with van der Waals surface area (Å²) in [7, 11) is 1.61. The highest BCUT2D eigenvalue weighted by Crippen LogP contribution is 2.28. The highest BCUT2D eigenvalue weighted by Gasteiger charge is 2.21. The number of nitrogens with one attached hydrogen (secondary N) is 2. The average Bonchev–Trinajstić information content (AvgIpc) is 3.33. The van der Waals surface area contributed by atoms with Crippen LogP contribution in [0.2, 0.25) is 0 Å². The quantitative estimate of drug-likeness (QED) is 0.189. The van der Waals surface area contributed by atoms with E-state index in [1.165, 1.54) is 15.4 Å². The maximum absolute atomic E-state index is 13.7. The molecule has 258 valence electrons. The summed E-state index contributed by atoms with van der Waals surface area (Å²) in [6, 6.07) is 15.0. The number of anilines is 3. The van der Waals surface area contributed by atoms with Gasteiger partial charge in [-0.15, -0.1) is 0 Å². The van der Waals surface area contributed by atoms with Crippen LogP contribution in [0.5, 0.6) is 5.75 Å². The molecule has 1 fully saturated rings. The largest absolute Gasteiger partial charge is 0.490 e. The number of fused-ring (bicyclic) bond motifs is 1. The van der Waals surface area contributed by atoms with Gasteiger partial charge in [-0.25, -0.2) is 23.4 Å². The molecule has 14 heteroatoms. The summed E-state index contributed by atoms with van der Waals surface area (Å²) < 4.78 is 41.2. The molecule has 0 spiro atoms. The van der Waals surface area contributed by atoms with E-state index < -0.39 is 23.1 Å². The van der Waals surface area contributed by atoms with Gasteiger partial charge in [0, 0.05) is 60.9 Å². The van der Waals surface area contributed by atoms with Crippen LogP contribution in [0.3, 0.4) is 0 Å². The van der Waals surface area contributed by atoms with E-state index >= 15 is 0 Å². The van der Waals surface area contributed by atoms with Crippen LogP contribution in [0.25, 0.3) is 10.9 Å². The molecule has 5 aromatic rings. The number of benzene rings is 3. The van der Waals surface area contributed by atoms with Gasteiger partial charge in [0.15, 0.2) is 11.6 Å². The fraction of sp³-hybridized carbons (Fsp3) is 0.278. The number of amides is 1. The van der Waals surface area contributed by atoms with Crippen LogP contribution in [0.15, 0.2) is 65.6 Å². The van der Waals surface area contributed by atoms with Gasteiger partial charge in [-0.05, 0) is 61.0 Å². The van der Waals surface area contributed by atoms with Crippen molar-refractivity contribution in [2.75, 3.05) is 56.2 Å². The Morgan fingerprint density at radius 3 is 2.60 bits per heavy atom. The summed E-state index contributed by atoms with van der Waals surface area (Å²) in [5.41, 5.74) is 9.03. The number of hydrogen-bond acceptors (Lipinski definition) is 9. The van der Waals surface area contributed by atoms with Crippen molar-refractivity contribution in [1.29, 1.82) is 0 Å². The molecule has 0 unspecified atom stereocenters. The monoisotopic (exact) mass is 682 g/mol. The van der Waals surface area contributed by atoms with Gasteiger partial charge in [-0.1, -0.05) is 17.9 Å². The fourth-order valence-corrected chi connectivity index (χ4v) is 5.60. The maximum Gasteiger partial charge on any atom is 0.280 e. The van der Waals surface area contributed by atoms with E-state index in [9.17, 15) is 18.4 Å². The minimum absolute atomic E-state index is 0.0410. The van der Waals surface area contributed by atoms with Crippen molar-refractivity contribution in [2.45, 2.75) is 13.5 Å². The van der Waals surface area contributed by atoms with Crippen molar-refractivity contribution < 1.29 is 23.0 Å². The summed E-state index contributed by atoms with van der Waals surface area (Å²) in [5.74, 6) is 4.22. The molecule has 1 aliphatic rings. The lowest BCUT2D eigenvalue weighted by Crippen LogP contribution is -2.36. The predicted molar refractivity (Wildman–Crippen MR) is 186 cm³/mol. The maximum atomic E-state index is 13.7. The molecule has 12 nitrogen and oxygen atoms in total. The van der Waals surface area contributed by atoms with Crippen LogP contribution in [-0.2, 0) is 18.3 Å². The number of nitrogens with two attached hydrogens (primary N) is 1. The Morgan fingerprint density at radius 1 is 1.08 bits per heavy atom. The van der Waals surface area contributed by atoms with Crippen molar-refractivity contribution in [3.05, 3.63) is 105 Å². The molecule has 0 aliphatic carbocycles. The van der Waals surface area contributed by atoms with E-state index in [1.54, 1.807) is 26.2 Å². The summed E-state index contributed by atoms with van der Waals surface area (Å²) in [6.07, 6.45) is 1.68. The van der Waals surface area contributed by atoms with E-state index in [4.69, 9.17) is 20.2 Å². The van der Waals surface area contributed by atoms with Crippen LogP contribution in [-0.4, -0.2) is 71.2 Å². The molecule has 0 bridgehead atoms. The molecule has 0 saturated carbocycles. The second-order valence-electron chi connectivity index (χ2n) is 11.6. The topological polar surface area (TPSA) is 142 Å². The first-order chi connectivity index (χ1) is 24.2. The smallest absolute Gasteiger partial charge is 0.280 e. The van der Waals surface area contributed by atoms with E-state index in [0.717, 1.165) is 36.6 Å². The molecular formula is C36H36F2N8O4. The first-order valence-corrected chi connectivity index (χ1v) is 16.0. The van der Waals surface area contributed by atoms with Gasteiger partial charge in [0.2, 0.25) is 5.95 Å². The lowest BCUT2D eigenvalue weighted by atomic mass is 10.1. The molecule has 1 amide bonds. The van der Waals surface area contributed by atoms with E-state index in [-0.39, 0.29) is 25.3 Å². The normalized spacial score (nSPS) is 12.8. The molecule has 6 rings (SSSR count). The van der Waals surface area contributed by atoms with Gasteiger partial charge in [0.1, 0.15) is 23.4 Å². The molecule has 3 heterocycles. The number of carbonyl (C=O) groups is 1. The van der Waals surface area contributed by atoms with Crippen LogP contribution in [0.1, 0.15) is 27.2 Å². The number of hydrogen-bond donors (Lipinski definition) is 3. The summed E-state index contributed by atoms with van der Waals surface area (Å²) in [4.78, 5) is 37.6. The number of halogens is 2.